The quantitative estimate of drug-likeness (QED) is 0.637. The van der Waals surface area contributed by atoms with E-state index < -0.39 is 6.10 Å². The second kappa shape index (κ2) is 8.48. The fourth-order valence-corrected chi connectivity index (χ4v) is 4.36. The van der Waals surface area contributed by atoms with Crippen LogP contribution in [-0.2, 0) is 9.53 Å². The lowest BCUT2D eigenvalue weighted by atomic mass is 9.94. The molecule has 0 fully saturated rings. The molecule has 0 radical (unpaired) electrons. The highest BCUT2D eigenvalue weighted by molar-refractivity contribution is 6.30. The number of hydrogen-bond donors (Lipinski definition) is 0. The zero-order chi connectivity index (χ0) is 21.3. The standard InChI is InChI=1S/C24H28ClNO4/c1-24(2,3)15-26-14-17(9-10-27)30-22(19-13-16(25)7-8-20(19)26)18-5-4-6-21-23(18)29-12-11-28-21/h4-8,10,13,17,22H,9,11-12,14-15H2,1-3H3/t17-,22-/m1/s1. The Morgan fingerprint density at radius 1 is 1.13 bits per heavy atom. The van der Waals surface area contributed by atoms with Crippen molar-refractivity contribution in [2.24, 2.45) is 5.41 Å². The highest BCUT2D eigenvalue weighted by atomic mass is 35.5. The van der Waals surface area contributed by atoms with Crippen molar-refractivity contribution in [3.63, 3.8) is 0 Å². The zero-order valence-corrected chi connectivity index (χ0v) is 18.4. The fraction of sp³-hybridized carbons (Fsp3) is 0.458. The minimum absolute atomic E-state index is 0.0747. The summed E-state index contributed by atoms with van der Waals surface area (Å²) in [4.78, 5) is 13.7. The van der Waals surface area contributed by atoms with Crippen LogP contribution in [0, 0.1) is 5.41 Å². The number of para-hydroxylation sites is 1. The van der Waals surface area contributed by atoms with E-state index >= 15 is 0 Å². The number of ether oxygens (including phenoxy) is 3. The summed E-state index contributed by atoms with van der Waals surface area (Å²) in [5.41, 5.74) is 3.01. The molecule has 2 aliphatic heterocycles. The molecular formula is C24H28ClNO4. The summed E-state index contributed by atoms with van der Waals surface area (Å²) in [6.07, 6.45) is 0.595. The van der Waals surface area contributed by atoms with Crippen LogP contribution in [0.3, 0.4) is 0 Å². The largest absolute Gasteiger partial charge is 0.486 e. The molecule has 5 nitrogen and oxygen atoms in total. The maximum Gasteiger partial charge on any atom is 0.167 e. The highest BCUT2D eigenvalue weighted by Gasteiger charge is 2.34. The predicted molar refractivity (Wildman–Crippen MR) is 118 cm³/mol. The van der Waals surface area contributed by atoms with Gasteiger partial charge in [-0.25, -0.2) is 0 Å². The average Bonchev–Trinajstić information content (AvgIpc) is 2.83. The van der Waals surface area contributed by atoms with Gasteiger partial charge >= 0.3 is 0 Å². The third-order valence-corrected chi connectivity index (χ3v) is 5.50. The molecule has 2 aliphatic rings. The van der Waals surface area contributed by atoms with Gasteiger partial charge in [-0.05, 0) is 29.7 Å². The van der Waals surface area contributed by atoms with E-state index in [0.717, 1.165) is 29.6 Å². The van der Waals surface area contributed by atoms with E-state index in [2.05, 4.69) is 31.7 Å². The lowest BCUT2D eigenvalue weighted by Gasteiger charge is -2.33. The first-order valence-corrected chi connectivity index (χ1v) is 10.8. The van der Waals surface area contributed by atoms with Crippen LogP contribution in [0.25, 0.3) is 0 Å². The SMILES string of the molecule is CC(C)(C)CN1C[C@@H](CC=O)O[C@H](c2cccc3c2OCCO3)c2cc(Cl)ccc21. The van der Waals surface area contributed by atoms with Gasteiger partial charge in [0.1, 0.15) is 25.6 Å². The van der Waals surface area contributed by atoms with Gasteiger partial charge in [0.15, 0.2) is 11.5 Å². The molecule has 4 rings (SSSR count). The third kappa shape index (κ3) is 4.42. The first-order chi connectivity index (χ1) is 14.4. The van der Waals surface area contributed by atoms with Crippen LogP contribution in [0.2, 0.25) is 5.02 Å². The topological polar surface area (TPSA) is 48.0 Å². The average molecular weight is 430 g/mol. The van der Waals surface area contributed by atoms with Crippen LogP contribution in [0.1, 0.15) is 44.4 Å². The number of fused-ring (bicyclic) bond motifs is 2. The van der Waals surface area contributed by atoms with E-state index in [-0.39, 0.29) is 11.5 Å². The van der Waals surface area contributed by atoms with Gasteiger partial charge in [-0.1, -0.05) is 44.5 Å². The van der Waals surface area contributed by atoms with Gasteiger partial charge in [0.2, 0.25) is 0 Å². The Morgan fingerprint density at radius 3 is 2.70 bits per heavy atom. The molecule has 2 atom stereocenters. The van der Waals surface area contributed by atoms with E-state index in [1.54, 1.807) is 0 Å². The van der Waals surface area contributed by atoms with Gasteiger partial charge < -0.3 is 23.9 Å². The number of nitrogens with zero attached hydrogens (tertiary/aromatic N) is 1. The Labute approximate surface area is 182 Å². The van der Waals surface area contributed by atoms with Crippen molar-refractivity contribution in [2.75, 3.05) is 31.2 Å². The molecule has 0 spiro atoms. The zero-order valence-electron chi connectivity index (χ0n) is 17.7. The highest BCUT2D eigenvalue weighted by Crippen LogP contribution is 2.46. The van der Waals surface area contributed by atoms with Crippen molar-refractivity contribution in [1.82, 2.24) is 0 Å². The van der Waals surface area contributed by atoms with Gasteiger partial charge in [-0.2, -0.15) is 0 Å². The smallest absolute Gasteiger partial charge is 0.167 e. The van der Waals surface area contributed by atoms with Crippen LogP contribution in [-0.4, -0.2) is 38.7 Å². The summed E-state index contributed by atoms with van der Waals surface area (Å²) in [5, 5.41) is 0.647. The second-order valence-corrected chi connectivity index (χ2v) is 9.49. The minimum Gasteiger partial charge on any atom is -0.486 e. The molecule has 6 heteroatoms. The number of carbonyl (C=O) groups excluding carboxylic acids is 1. The predicted octanol–water partition coefficient (Wildman–Crippen LogP) is 5.04. The van der Waals surface area contributed by atoms with Gasteiger partial charge in [-0.3, -0.25) is 0 Å². The van der Waals surface area contributed by atoms with Crippen molar-refractivity contribution >= 4 is 23.6 Å². The number of anilines is 1. The molecule has 0 N–H and O–H groups in total. The normalized spacial score (nSPS) is 21.0. The summed E-state index contributed by atoms with van der Waals surface area (Å²) in [6, 6.07) is 11.8. The molecule has 0 amide bonds. The number of hydrogen-bond acceptors (Lipinski definition) is 5. The van der Waals surface area contributed by atoms with Crippen LogP contribution in [0.4, 0.5) is 5.69 Å². The molecule has 160 valence electrons. The summed E-state index contributed by atoms with van der Waals surface area (Å²) < 4.78 is 18.3. The van der Waals surface area contributed by atoms with E-state index in [0.29, 0.717) is 42.7 Å². The molecule has 2 heterocycles. The third-order valence-electron chi connectivity index (χ3n) is 5.27. The Balaban J connectivity index is 1.85. The molecule has 0 saturated carbocycles. The monoisotopic (exact) mass is 429 g/mol. The molecule has 0 aliphatic carbocycles. The first kappa shape index (κ1) is 21.0. The second-order valence-electron chi connectivity index (χ2n) is 9.06. The Morgan fingerprint density at radius 2 is 1.93 bits per heavy atom. The molecule has 0 aromatic heterocycles. The molecule has 0 bridgehead atoms. The summed E-state index contributed by atoms with van der Waals surface area (Å²) in [5.74, 6) is 1.42. The summed E-state index contributed by atoms with van der Waals surface area (Å²) >= 11 is 6.42. The van der Waals surface area contributed by atoms with Crippen LogP contribution in [0.15, 0.2) is 36.4 Å². The van der Waals surface area contributed by atoms with Crippen LogP contribution < -0.4 is 14.4 Å². The summed E-state index contributed by atoms with van der Waals surface area (Å²) in [6.45, 7) is 9.11. The van der Waals surface area contributed by atoms with Crippen molar-refractivity contribution in [3.8, 4) is 11.5 Å². The van der Waals surface area contributed by atoms with E-state index in [1.807, 2.05) is 30.3 Å². The molecule has 2 aromatic carbocycles. The maximum absolute atomic E-state index is 11.4. The molecule has 2 aromatic rings. The Kier molecular flexibility index (Phi) is 5.94. The van der Waals surface area contributed by atoms with Gasteiger partial charge in [0.05, 0.1) is 6.10 Å². The molecular weight excluding hydrogens is 402 g/mol. The first-order valence-electron chi connectivity index (χ1n) is 10.4. The summed E-state index contributed by atoms with van der Waals surface area (Å²) in [7, 11) is 0. The number of rotatable bonds is 4. The van der Waals surface area contributed by atoms with Crippen molar-refractivity contribution < 1.29 is 19.0 Å². The maximum atomic E-state index is 11.4. The molecule has 0 saturated heterocycles. The number of carbonyl (C=O) groups is 1. The van der Waals surface area contributed by atoms with Gasteiger partial charge in [0, 0.05) is 41.3 Å². The lowest BCUT2D eigenvalue weighted by molar-refractivity contribution is -0.111. The Bertz CT molecular complexity index is 924. The van der Waals surface area contributed by atoms with Crippen molar-refractivity contribution in [1.29, 1.82) is 0 Å². The van der Waals surface area contributed by atoms with Gasteiger partial charge in [-0.15, -0.1) is 0 Å². The van der Waals surface area contributed by atoms with Crippen LogP contribution >= 0.6 is 11.6 Å². The number of aldehydes is 1. The van der Waals surface area contributed by atoms with E-state index in [4.69, 9.17) is 25.8 Å². The molecule has 30 heavy (non-hydrogen) atoms. The number of benzene rings is 2. The Hall–Kier alpha value is -2.24. The van der Waals surface area contributed by atoms with E-state index in [1.165, 1.54) is 0 Å². The van der Waals surface area contributed by atoms with Gasteiger partial charge in [0.25, 0.3) is 0 Å². The van der Waals surface area contributed by atoms with E-state index in [9.17, 15) is 4.79 Å². The van der Waals surface area contributed by atoms with Crippen molar-refractivity contribution in [2.45, 2.75) is 39.4 Å². The fourth-order valence-electron chi connectivity index (χ4n) is 4.18. The number of halogens is 1. The lowest BCUT2D eigenvalue weighted by Crippen LogP contribution is -2.38. The van der Waals surface area contributed by atoms with Crippen LogP contribution in [0.5, 0.6) is 11.5 Å². The van der Waals surface area contributed by atoms with Crippen molar-refractivity contribution in [3.05, 3.63) is 52.5 Å². The molecule has 0 unspecified atom stereocenters. The minimum atomic E-state index is -0.412.